The lowest BCUT2D eigenvalue weighted by Crippen LogP contribution is -2.49. The monoisotopic (exact) mass is 389 g/mol. The van der Waals surface area contributed by atoms with Crippen LogP contribution in [0.4, 0.5) is 0 Å². The fourth-order valence-corrected chi connectivity index (χ4v) is 3.78. The molecule has 27 heavy (non-hydrogen) atoms. The Morgan fingerprint density at radius 2 is 2.00 bits per heavy atom. The third-order valence-corrected chi connectivity index (χ3v) is 5.67. The van der Waals surface area contributed by atoms with Crippen molar-refractivity contribution >= 4 is 17.5 Å². The number of amides is 1. The van der Waals surface area contributed by atoms with Crippen molar-refractivity contribution in [1.29, 1.82) is 0 Å². The normalized spacial score (nSPS) is 17.2. The van der Waals surface area contributed by atoms with Gasteiger partial charge in [0.2, 0.25) is 0 Å². The summed E-state index contributed by atoms with van der Waals surface area (Å²) in [6.45, 7) is 9.55. The van der Waals surface area contributed by atoms with Gasteiger partial charge in [0.25, 0.3) is 5.91 Å². The molecule has 1 fully saturated rings. The van der Waals surface area contributed by atoms with Crippen molar-refractivity contribution in [3.8, 4) is 5.69 Å². The van der Waals surface area contributed by atoms with Gasteiger partial charge in [-0.15, -0.1) is 5.10 Å². The molecule has 0 aliphatic carbocycles. The van der Waals surface area contributed by atoms with E-state index in [0.29, 0.717) is 34.9 Å². The van der Waals surface area contributed by atoms with E-state index < -0.39 is 0 Å². The van der Waals surface area contributed by atoms with Gasteiger partial charge in [0.1, 0.15) is 0 Å². The molecule has 1 saturated heterocycles. The Balaban J connectivity index is 1.62. The first-order valence-electron chi connectivity index (χ1n) is 9.65. The lowest BCUT2D eigenvalue weighted by atomic mass is 9.94. The van der Waals surface area contributed by atoms with Crippen LogP contribution in [-0.4, -0.2) is 51.5 Å². The maximum atomic E-state index is 12.6. The summed E-state index contributed by atoms with van der Waals surface area (Å²) in [4.78, 5) is 15.1. The van der Waals surface area contributed by atoms with Crippen molar-refractivity contribution in [2.75, 3.05) is 19.6 Å². The van der Waals surface area contributed by atoms with Crippen molar-refractivity contribution in [2.45, 2.75) is 39.7 Å². The third kappa shape index (κ3) is 4.87. The van der Waals surface area contributed by atoms with E-state index in [0.717, 1.165) is 19.0 Å². The Morgan fingerprint density at radius 3 is 2.67 bits per heavy atom. The number of benzene rings is 1. The molecule has 146 valence electrons. The highest BCUT2D eigenvalue weighted by atomic mass is 35.5. The molecule has 1 aliphatic heterocycles. The van der Waals surface area contributed by atoms with Crippen molar-refractivity contribution in [3.05, 3.63) is 41.2 Å². The predicted molar refractivity (Wildman–Crippen MR) is 107 cm³/mol. The lowest BCUT2D eigenvalue weighted by Gasteiger charge is -2.38. The molecule has 0 saturated carbocycles. The standard InChI is InChI=1S/C20H28ClN5O/c1-14(2)19(25-10-8-15(3)9-11-25)12-22-20(27)17-13-26(24-23-17)18-7-5-4-6-16(18)21/h4-7,13-15,19H,8-12H2,1-3H3,(H,22,27). The molecular formula is C20H28ClN5O. The third-order valence-electron chi connectivity index (χ3n) is 5.35. The van der Waals surface area contributed by atoms with Gasteiger partial charge in [0, 0.05) is 12.6 Å². The molecule has 6 nitrogen and oxygen atoms in total. The number of rotatable bonds is 6. The van der Waals surface area contributed by atoms with Crippen molar-refractivity contribution in [1.82, 2.24) is 25.2 Å². The summed E-state index contributed by atoms with van der Waals surface area (Å²) in [6, 6.07) is 7.68. The highest BCUT2D eigenvalue weighted by molar-refractivity contribution is 6.32. The predicted octanol–water partition coefficient (Wildman–Crippen LogP) is 3.41. The van der Waals surface area contributed by atoms with Crippen LogP contribution in [0.5, 0.6) is 0 Å². The summed E-state index contributed by atoms with van der Waals surface area (Å²) in [7, 11) is 0. The first-order chi connectivity index (χ1) is 13.0. The summed E-state index contributed by atoms with van der Waals surface area (Å²) < 4.78 is 1.53. The number of carbonyl (C=O) groups is 1. The van der Waals surface area contributed by atoms with Crippen LogP contribution in [-0.2, 0) is 0 Å². The Labute approximate surface area is 165 Å². The van der Waals surface area contributed by atoms with Crippen molar-refractivity contribution in [3.63, 3.8) is 0 Å². The molecule has 0 spiro atoms. The van der Waals surface area contributed by atoms with Gasteiger partial charge >= 0.3 is 0 Å². The highest BCUT2D eigenvalue weighted by Gasteiger charge is 2.26. The van der Waals surface area contributed by atoms with Crippen LogP contribution in [0.3, 0.4) is 0 Å². The van der Waals surface area contributed by atoms with Gasteiger partial charge in [-0.2, -0.15) is 0 Å². The summed E-state index contributed by atoms with van der Waals surface area (Å²) >= 11 is 6.19. The second kappa shape index (κ2) is 8.85. The Bertz CT molecular complexity index is 767. The zero-order valence-corrected chi connectivity index (χ0v) is 17.0. The molecule has 1 atom stereocenters. The van der Waals surface area contributed by atoms with Crippen LogP contribution in [0.2, 0.25) is 5.02 Å². The number of aromatic nitrogens is 3. The molecule has 2 aromatic rings. The molecule has 2 heterocycles. The summed E-state index contributed by atoms with van der Waals surface area (Å²) in [5.41, 5.74) is 0.998. The smallest absolute Gasteiger partial charge is 0.273 e. The minimum Gasteiger partial charge on any atom is -0.349 e. The van der Waals surface area contributed by atoms with E-state index in [-0.39, 0.29) is 5.91 Å². The molecule has 1 aromatic heterocycles. The van der Waals surface area contributed by atoms with Crippen LogP contribution in [0, 0.1) is 11.8 Å². The maximum Gasteiger partial charge on any atom is 0.273 e. The first kappa shape index (κ1) is 19.8. The Hall–Kier alpha value is -1.92. The largest absolute Gasteiger partial charge is 0.349 e. The molecule has 0 bridgehead atoms. The fraction of sp³-hybridized carbons (Fsp3) is 0.550. The molecule has 1 aliphatic rings. The van der Waals surface area contributed by atoms with Crippen molar-refractivity contribution < 1.29 is 4.79 Å². The molecule has 1 unspecified atom stereocenters. The number of nitrogens with zero attached hydrogens (tertiary/aromatic N) is 4. The SMILES string of the molecule is CC1CCN(C(CNC(=O)c2cn(-c3ccccc3Cl)nn2)C(C)C)CC1. The average molecular weight is 390 g/mol. The van der Waals surface area contributed by atoms with E-state index in [4.69, 9.17) is 11.6 Å². The zero-order chi connectivity index (χ0) is 19.4. The van der Waals surface area contributed by atoms with Crippen LogP contribution < -0.4 is 5.32 Å². The minimum atomic E-state index is -0.204. The number of hydrogen-bond acceptors (Lipinski definition) is 4. The van der Waals surface area contributed by atoms with E-state index in [1.807, 2.05) is 18.2 Å². The second-order valence-electron chi connectivity index (χ2n) is 7.74. The Kier molecular flexibility index (Phi) is 6.50. The van der Waals surface area contributed by atoms with Crippen LogP contribution in [0.25, 0.3) is 5.69 Å². The van der Waals surface area contributed by atoms with Gasteiger partial charge in [-0.3, -0.25) is 9.69 Å². The average Bonchev–Trinajstić information content (AvgIpc) is 3.13. The number of piperidine rings is 1. The second-order valence-corrected chi connectivity index (χ2v) is 8.15. The van der Waals surface area contributed by atoms with Crippen molar-refractivity contribution in [2.24, 2.45) is 11.8 Å². The van der Waals surface area contributed by atoms with E-state index in [9.17, 15) is 4.79 Å². The maximum absolute atomic E-state index is 12.6. The molecule has 3 rings (SSSR count). The summed E-state index contributed by atoms with van der Waals surface area (Å²) in [6.07, 6.45) is 4.07. The number of hydrogen-bond donors (Lipinski definition) is 1. The quantitative estimate of drug-likeness (QED) is 0.822. The van der Waals surface area contributed by atoms with Crippen LogP contribution in [0.1, 0.15) is 44.1 Å². The highest BCUT2D eigenvalue weighted by Crippen LogP contribution is 2.21. The van der Waals surface area contributed by atoms with Crippen LogP contribution >= 0.6 is 11.6 Å². The lowest BCUT2D eigenvalue weighted by molar-refractivity contribution is 0.0859. The van der Waals surface area contributed by atoms with Gasteiger partial charge in [0.15, 0.2) is 5.69 Å². The van der Waals surface area contributed by atoms with Gasteiger partial charge in [-0.25, -0.2) is 4.68 Å². The van der Waals surface area contributed by atoms with Gasteiger partial charge in [-0.05, 0) is 49.9 Å². The number of nitrogens with one attached hydrogen (secondary N) is 1. The van der Waals surface area contributed by atoms with E-state index in [1.54, 1.807) is 12.3 Å². The number of carbonyl (C=O) groups excluding carboxylic acids is 1. The van der Waals surface area contributed by atoms with E-state index in [2.05, 4.69) is 41.3 Å². The van der Waals surface area contributed by atoms with E-state index in [1.165, 1.54) is 17.5 Å². The van der Waals surface area contributed by atoms with Gasteiger partial charge in [0.05, 0.1) is 16.9 Å². The molecule has 1 aromatic carbocycles. The number of likely N-dealkylation sites (tertiary alicyclic amines) is 1. The summed E-state index contributed by atoms with van der Waals surface area (Å²) in [5, 5.41) is 11.6. The Morgan fingerprint density at radius 1 is 1.30 bits per heavy atom. The number of halogens is 1. The number of para-hydroxylation sites is 1. The minimum absolute atomic E-state index is 0.204. The molecule has 1 amide bonds. The van der Waals surface area contributed by atoms with Gasteiger partial charge < -0.3 is 5.32 Å². The molecular weight excluding hydrogens is 362 g/mol. The molecule has 1 N–H and O–H groups in total. The van der Waals surface area contributed by atoms with Gasteiger partial charge in [-0.1, -0.05) is 49.7 Å². The summed E-state index contributed by atoms with van der Waals surface area (Å²) in [5.74, 6) is 1.06. The van der Waals surface area contributed by atoms with E-state index >= 15 is 0 Å². The fourth-order valence-electron chi connectivity index (χ4n) is 3.56. The molecule has 7 heteroatoms. The topological polar surface area (TPSA) is 63.1 Å². The first-order valence-corrected chi connectivity index (χ1v) is 10.0. The van der Waals surface area contributed by atoms with Crippen LogP contribution in [0.15, 0.2) is 30.5 Å². The zero-order valence-electron chi connectivity index (χ0n) is 16.2. The molecule has 0 radical (unpaired) electrons.